The van der Waals surface area contributed by atoms with Gasteiger partial charge < -0.3 is 15.1 Å². The lowest BCUT2D eigenvalue weighted by Gasteiger charge is -2.23. The molecule has 0 bridgehead atoms. The summed E-state index contributed by atoms with van der Waals surface area (Å²) in [7, 11) is 0. The molecule has 0 aliphatic carbocycles. The molecule has 2 atom stereocenters. The minimum absolute atomic E-state index is 0.138. The number of benzene rings is 1. The molecule has 9 heteroatoms. The molecule has 4 rings (SSSR count). The quantitative estimate of drug-likeness (QED) is 0.633. The minimum atomic E-state index is -1.01. The SMILES string of the molecule is O=C(O)[C@@H]1C[C@@H](O)CN1c1cc(-c2cn[nH]c2)c2ccc(Cl)c(Cl)c2n1. The van der Waals surface area contributed by atoms with Crippen LogP contribution < -0.4 is 4.90 Å². The number of anilines is 1. The van der Waals surface area contributed by atoms with Gasteiger partial charge in [0.1, 0.15) is 11.9 Å². The third kappa shape index (κ3) is 2.78. The number of pyridine rings is 1. The Hall–Kier alpha value is -2.35. The molecule has 2 aromatic heterocycles. The summed E-state index contributed by atoms with van der Waals surface area (Å²) in [6, 6.07) is 4.43. The zero-order chi connectivity index (χ0) is 18.4. The predicted molar refractivity (Wildman–Crippen MR) is 98.7 cm³/mol. The number of aliphatic hydroxyl groups is 1. The van der Waals surface area contributed by atoms with Gasteiger partial charge in [-0.1, -0.05) is 29.3 Å². The highest BCUT2D eigenvalue weighted by Gasteiger charge is 2.37. The molecule has 0 radical (unpaired) electrons. The van der Waals surface area contributed by atoms with Crippen LogP contribution in [0.3, 0.4) is 0 Å². The average molecular weight is 393 g/mol. The van der Waals surface area contributed by atoms with E-state index in [-0.39, 0.29) is 13.0 Å². The number of fused-ring (bicyclic) bond motifs is 1. The van der Waals surface area contributed by atoms with Gasteiger partial charge in [0.15, 0.2) is 0 Å². The van der Waals surface area contributed by atoms with Crippen molar-refractivity contribution in [3.05, 3.63) is 40.6 Å². The Balaban J connectivity index is 1.96. The Morgan fingerprint density at radius 3 is 2.85 bits per heavy atom. The second kappa shape index (κ2) is 6.42. The number of hydrogen-bond acceptors (Lipinski definition) is 5. The number of aromatic amines is 1. The van der Waals surface area contributed by atoms with Crippen LogP contribution in [0, 0.1) is 0 Å². The van der Waals surface area contributed by atoms with E-state index in [0.29, 0.717) is 21.4 Å². The summed E-state index contributed by atoms with van der Waals surface area (Å²) in [5.41, 5.74) is 2.07. The molecule has 1 aliphatic heterocycles. The summed E-state index contributed by atoms with van der Waals surface area (Å²) < 4.78 is 0. The Kier molecular flexibility index (Phi) is 4.22. The van der Waals surface area contributed by atoms with Crippen LogP contribution in [-0.4, -0.2) is 50.1 Å². The molecule has 3 aromatic rings. The van der Waals surface area contributed by atoms with Crippen molar-refractivity contribution >= 4 is 45.9 Å². The standard InChI is InChI=1S/C17H14Cl2N4O3/c18-12-2-1-10-11(8-5-20-21-6-8)4-14(22-16(10)15(12)19)23-7-9(24)3-13(23)17(25)26/h1-2,4-6,9,13,24H,3,7H2,(H,20,21)(H,25,26)/t9-,13+/m1/s1. The number of halogens is 2. The van der Waals surface area contributed by atoms with Gasteiger partial charge in [0.05, 0.1) is 27.9 Å². The van der Waals surface area contributed by atoms with E-state index in [9.17, 15) is 15.0 Å². The van der Waals surface area contributed by atoms with Crippen LogP contribution in [0.1, 0.15) is 6.42 Å². The van der Waals surface area contributed by atoms with E-state index in [0.717, 1.165) is 16.5 Å². The second-order valence-corrected chi connectivity index (χ2v) is 6.95. The van der Waals surface area contributed by atoms with Crippen molar-refractivity contribution < 1.29 is 15.0 Å². The molecule has 1 fully saturated rings. The number of carbonyl (C=O) groups is 1. The van der Waals surface area contributed by atoms with Crippen molar-refractivity contribution in [1.82, 2.24) is 15.2 Å². The number of hydrogen-bond donors (Lipinski definition) is 3. The number of rotatable bonds is 3. The lowest BCUT2D eigenvalue weighted by Crippen LogP contribution is -2.36. The number of carboxylic acid groups (broad SMARTS) is 1. The third-order valence-corrected chi connectivity index (χ3v) is 5.32. The maximum atomic E-state index is 11.6. The van der Waals surface area contributed by atoms with E-state index in [1.165, 1.54) is 0 Å². The number of aromatic nitrogens is 3. The van der Waals surface area contributed by atoms with Gasteiger partial charge >= 0.3 is 5.97 Å². The molecule has 1 aromatic carbocycles. The maximum absolute atomic E-state index is 11.6. The Labute approximate surface area is 158 Å². The lowest BCUT2D eigenvalue weighted by molar-refractivity contribution is -0.138. The van der Waals surface area contributed by atoms with Crippen LogP contribution >= 0.6 is 23.2 Å². The molecule has 0 saturated carbocycles. The normalized spacial score (nSPS) is 20.0. The van der Waals surface area contributed by atoms with Gasteiger partial charge in [0.25, 0.3) is 0 Å². The van der Waals surface area contributed by atoms with Crippen molar-refractivity contribution in [1.29, 1.82) is 0 Å². The van der Waals surface area contributed by atoms with E-state index < -0.39 is 18.1 Å². The third-order valence-electron chi connectivity index (χ3n) is 4.53. The zero-order valence-electron chi connectivity index (χ0n) is 13.4. The van der Waals surface area contributed by atoms with E-state index in [1.54, 1.807) is 29.4 Å². The second-order valence-electron chi connectivity index (χ2n) is 6.17. The molecule has 1 saturated heterocycles. The highest BCUT2D eigenvalue weighted by Crippen LogP contribution is 2.38. The summed E-state index contributed by atoms with van der Waals surface area (Å²) in [6.45, 7) is 0.179. The highest BCUT2D eigenvalue weighted by molar-refractivity contribution is 6.45. The van der Waals surface area contributed by atoms with E-state index >= 15 is 0 Å². The summed E-state index contributed by atoms with van der Waals surface area (Å²) in [4.78, 5) is 17.7. The van der Waals surface area contributed by atoms with Gasteiger partial charge in [0.2, 0.25) is 0 Å². The monoisotopic (exact) mass is 392 g/mol. The summed E-state index contributed by atoms with van der Waals surface area (Å²) in [5.74, 6) is -0.590. The molecule has 7 nitrogen and oxygen atoms in total. The first-order chi connectivity index (χ1) is 12.5. The van der Waals surface area contributed by atoms with Crippen LogP contribution in [0.15, 0.2) is 30.6 Å². The number of β-amino-alcohol motifs (C(OH)–C–C–N with tert-alkyl or cyclic N) is 1. The minimum Gasteiger partial charge on any atom is -0.480 e. The number of nitrogens with zero attached hydrogens (tertiary/aromatic N) is 3. The lowest BCUT2D eigenvalue weighted by atomic mass is 10.0. The summed E-state index contributed by atoms with van der Waals surface area (Å²) in [6.07, 6.45) is 2.79. The van der Waals surface area contributed by atoms with Gasteiger partial charge in [-0.25, -0.2) is 9.78 Å². The van der Waals surface area contributed by atoms with Crippen molar-refractivity contribution in [3.8, 4) is 11.1 Å². The molecule has 0 amide bonds. The molecule has 1 aliphatic rings. The highest BCUT2D eigenvalue weighted by atomic mass is 35.5. The molecule has 134 valence electrons. The van der Waals surface area contributed by atoms with Gasteiger partial charge in [0, 0.05) is 30.1 Å². The van der Waals surface area contributed by atoms with Crippen molar-refractivity contribution in [2.45, 2.75) is 18.6 Å². The van der Waals surface area contributed by atoms with Crippen molar-refractivity contribution in [3.63, 3.8) is 0 Å². The van der Waals surface area contributed by atoms with Crippen LogP contribution in [-0.2, 0) is 4.79 Å². The largest absolute Gasteiger partial charge is 0.480 e. The topological polar surface area (TPSA) is 102 Å². The number of aliphatic carboxylic acids is 1. The van der Waals surface area contributed by atoms with Crippen LogP contribution in [0.4, 0.5) is 5.82 Å². The van der Waals surface area contributed by atoms with Gasteiger partial charge in [-0.2, -0.15) is 5.10 Å². The molecular formula is C17H14Cl2N4O3. The molecule has 3 heterocycles. The molecule has 0 unspecified atom stereocenters. The van der Waals surface area contributed by atoms with E-state index in [2.05, 4.69) is 15.2 Å². The van der Waals surface area contributed by atoms with Gasteiger partial charge in [-0.3, -0.25) is 5.10 Å². The first-order valence-corrected chi connectivity index (χ1v) is 8.66. The molecular weight excluding hydrogens is 379 g/mol. The summed E-state index contributed by atoms with van der Waals surface area (Å²) >= 11 is 12.5. The van der Waals surface area contributed by atoms with Gasteiger partial charge in [-0.05, 0) is 17.7 Å². The van der Waals surface area contributed by atoms with Crippen LogP contribution in [0.25, 0.3) is 22.0 Å². The number of nitrogens with one attached hydrogen (secondary N) is 1. The van der Waals surface area contributed by atoms with Crippen molar-refractivity contribution in [2.24, 2.45) is 0 Å². The number of aliphatic hydroxyl groups excluding tert-OH is 1. The Bertz CT molecular complexity index is 993. The number of carboxylic acids is 1. The Morgan fingerprint density at radius 2 is 2.15 bits per heavy atom. The first-order valence-electron chi connectivity index (χ1n) is 7.91. The van der Waals surface area contributed by atoms with Gasteiger partial charge in [-0.15, -0.1) is 0 Å². The fourth-order valence-electron chi connectivity index (χ4n) is 3.31. The maximum Gasteiger partial charge on any atom is 0.326 e. The van der Waals surface area contributed by atoms with Crippen molar-refractivity contribution in [2.75, 3.05) is 11.4 Å². The van der Waals surface area contributed by atoms with Crippen LogP contribution in [0.2, 0.25) is 10.0 Å². The molecule has 3 N–H and O–H groups in total. The molecule has 0 spiro atoms. The first kappa shape index (κ1) is 17.1. The average Bonchev–Trinajstić information content (AvgIpc) is 3.27. The van der Waals surface area contributed by atoms with E-state index in [4.69, 9.17) is 23.2 Å². The Morgan fingerprint density at radius 1 is 1.35 bits per heavy atom. The van der Waals surface area contributed by atoms with E-state index in [1.807, 2.05) is 6.07 Å². The fourth-order valence-corrected chi connectivity index (χ4v) is 3.67. The fraction of sp³-hybridized carbons (Fsp3) is 0.235. The summed E-state index contributed by atoms with van der Waals surface area (Å²) in [5, 5.41) is 27.6. The predicted octanol–water partition coefficient (Wildman–Crippen LogP) is 2.96. The zero-order valence-corrected chi connectivity index (χ0v) is 14.9. The van der Waals surface area contributed by atoms with Crippen LogP contribution in [0.5, 0.6) is 0 Å². The number of H-pyrrole nitrogens is 1. The smallest absolute Gasteiger partial charge is 0.326 e. The molecule has 26 heavy (non-hydrogen) atoms.